The topological polar surface area (TPSA) is 105 Å². The lowest BCUT2D eigenvalue weighted by Gasteiger charge is -2.31. The zero-order valence-electron chi connectivity index (χ0n) is 14.4. The molecule has 0 aromatic heterocycles. The molecule has 1 atom stereocenters. The molecule has 7 nitrogen and oxygen atoms in total. The predicted octanol–water partition coefficient (Wildman–Crippen LogP) is -0.00680. The molecule has 132 valence electrons. The maximum absolute atomic E-state index is 12.1. The van der Waals surface area contributed by atoms with Gasteiger partial charge in [0.15, 0.2) is 0 Å². The van der Waals surface area contributed by atoms with E-state index in [9.17, 15) is 14.4 Å². The van der Waals surface area contributed by atoms with Crippen LogP contribution in [0.5, 0.6) is 0 Å². The van der Waals surface area contributed by atoms with Crippen molar-refractivity contribution < 1.29 is 14.4 Å². The van der Waals surface area contributed by atoms with E-state index in [1.54, 1.807) is 11.9 Å². The first-order valence-corrected chi connectivity index (χ1v) is 8.38. The molecule has 0 aliphatic heterocycles. The third-order valence-corrected chi connectivity index (χ3v) is 4.40. The van der Waals surface area contributed by atoms with Crippen LogP contribution in [0.2, 0.25) is 0 Å². The molecule has 1 rings (SSSR count). The van der Waals surface area contributed by atoms with Crippen molar-refractivity contribution in [2.24, 2.45) is 11.7 Å². The van der Waals surface area contributed by atoms with Crippen LogP contribution in [0.3, 0.4) is 0 Å². The monoisotopic (exact) mass is 326 g/mol. The van der Waals surface area contributed by atoms with Crippen LogP contribution in [-0.4, -0.2) is 54.8 Å². The highest BCUT2D eigenvalue weighted by Gasteiger charge is 2.22. The smallest absolute Gasteiger partial charge is 0.241 e. The molecular weight excluding hydrogens is 296 g/mol. The highest BCUT2D eigenvalue weighted by molar-refractivity contribution is 5.89. The van der Waals surface area contributed by atoms with Gasteiger partial charge in [-0.15, -0.1) is 0 Å². The fourth-order valence-corrected chi connectivity index (χ4v) is 2.62. The summed E-state index contributed by atoms with van der Waals surface area (Å²) < 4.78 is 0. The molecule has 0 radical (unpaired) electrons. The maximum atomic E-state index is 12.1. The minimum absolute atomic E-state index is 0.00350. The third kappa shape index (κ3) is 6.56. The Bertz CT molecular complexity index is 420. The molecule has 0 aromatic carbocycles. The van der Waals surface area contributed by atoms with Crippen LogP contribution in [0.1, 0.15) is 46.0 Å². The van der Waals surface area contributed by atoms with E-state index in [0.717, 1.165) is 25.7 Å². The largest absolute Gasteiger partial charge is 0.346 e. The Morgan fingerprint density at radius 2 is 1.70 bits per heavy atom. The van der Waals surface area contributed by atoms with Gasteiger partial charge in [-0.05, 0) is 18.8 Å². The van der Waals surface area contributed by atoms with Crippen molar-refractivity contribution in [2.45, 2.75) is 58.0 Å². The van der Waals surface area contributed by atoms with E-state index in [1.807, 2.05) is 13.8 Å². The summed E-state index contributed by atoms with van der Waals surface area (Å²) in [6.45, 7) is 3.46. The first kappa shape index (κ1) is 19.4. The summed E-state index contributed by atoms with van der Waals surface area (Å²) in [6.07, 6.45) is 5.58. The van der Waals surface area contributed by atoms with E-state index in [1.165, 1.54) is 6.42 Å². The lowest BCUT2D eigenvalue weighted by molar-refractivity contribution is -0.134. The molecule has 1 saturated carbocycles. The van der Waals surface area contributed by atoms with Crippen molar-refractivity contribution in [1.82, 2.24) is 15.5 Å². The molecule has 7 heteroatoms. The number of nitrogens with two attached hydrogens (primary N) is 1. The van der Waals surface area contributed by atoms with Crippen LogP contribution in [-0.2, 0) is 14.4 Å². The average Bonchev–Trinajstić information content (AvgIpc) is 2.56. The van der Waals surface area contributed by atoms with Gasteiger partial charge < -0.3 is 21.3 Å². The molecule has 3 amide bonds. The van der Waals surface area contributed by atoms with Crippen LogP contribution in [0.4, 0.5) is 0 Å². The highest BCUT2D eigenvalue weighted by atomic mass is 16.2. The third-order valence-electron chi connectivity index (χ3n) is 4.40. The van der Waals surface area contributed by atoms with Crippen LogP contribution in [0.15, 0.2) is 0 Å². The summed E-state index contributed by atoms with van der Waals surface area (Å²) in [6, 6.07) is -0.362. The summed E-state index contributed by atoms with van der Waals surface area (Å²) in [7, 11) is 1.79. The van der Waals surface area contributed by atoms with Gasteiger partial charge in [0.25, 0.3) is 0 Å². The van der Waals surface area contributed by atoms with Gasteiger partial charge in [0.2, 0.25) is 17.7 Å². The van der Waals surface area contributed by atoms with E-state index in [2.05, 4.69) is 10.6 Å². The fraction of sp³-hybridized carbons (Fsp3) is 0.812. The molecule has 0 saturated heterocycles. The minimum Gasteiger partial charge on any atom is -0.346 e. The molecule has 0 aromatic rings. The Morgan fingerprint density at radius 1 is 1.09 bits per heavy atom. The Morgan fingerprint density at radius 3 is 2.26 bits per heavy atom. The molecule has 1 aliphatic carbocycles. The molecule has 1 aliphatic rings. The Hall–Kier alpha value is -1.63. The van der Waals surface area contributed by atoms with Gasteiger partial charge in [-0.1, -0.05) is 33.1 Å². The number of rotatable bonds is 7. The van der Waals surface area contributed by atoms with Crippen LogP contribution < -0.4 is 16.4 Å². The van der Waals surface area contributed by atoms with E-state index in [0.29, 0.717) is 0 Å². The van der Waals surface area contributed by atoms with Crippen molar-refractivity contribution in [3.8, 4) is 0 Å². The number of carbonyl (C=O) groups excluding carboxylic acids is 3. The van der Waals surface area contributed by atoms with E-state index >= 15 is 0 Å². The number of hydrogen-bond donors (Lipinski definition) is 3. The summed E-state index contributed by atoms with van der Waals surface area (Å²) in [5.41, 5.74) is 5.69. The van der Waals surface area contributed by atoms with Crippen molar-refractivity contribution in [3.05, 3.63) is 0 Å². The standard InChI is InChI=1S/C16H30N4O3/c1-11(2)15(17)16(23)19-9-13(21)18-10-14(22)20(3)12-7-5-4-6-8-12/h11-12,15H,4-10,17H2,1-3H3,(H,18,21)(H,19,23)/t15-/m0/s1. The molecule has 0 spiro atoms. The van der Waals surface area contributed by atoms with Gasteiger partial charge >= 0.3 is 0 Å². The van der Waals surface area contributed by atoms with Crippen LogP contribution in [0, 0.1) is 5.92 Å². The van der Waals surface area contributed by atoms with Crippen molar-refractivity contribution in [1.29, 1.82) is 0 Å². The Labute approximate surface area is 138 Å². The van der Waals surface area contributed by atoms with Crippen molar-refractivity contribution in [2.75, 3.05) is 20.1 Å². The van der Waals surface area contributed by atoms with Gasteiger partial charge in [0.1, 0.15) is 0 Å². The zero-order chi connectivity index (χ0) is 17.4. The van der Waals surface area contributed by atoms with E-state index < -0.39 is 6.04 Å². The van der Waals surface area contributed by atoms with Gasteiger partial charge in [0.05, 0.1) is 19.1 Å². The molecule has 0 unspecified atom stereocenters. The summed E-state index contributed by atoms with van der Waals surface area (Å²) in [5, 5.41) is 5.02. The average molecular weight is 326 g/mol. The SMILES string of the molecule is CC(C)[C@H](N)C(=O)NCC(=O)NCC(=O)N(C)C1CCCCC1. The second kappa shape index (κ2) is 9.50. The Kier molecular flexibility index (Phi) is 8.02. The number of nitrogens with one attached hydrogen (secondary N) is 2. The lowest BCUT2D eigenvalue weighted by Crippen LogP contribution is -2.49. The van der Waals surface area contributed by atoms with Gasteiger partial charge in [-0.3, -0.25) is 14.4 Å². The number of likely N-dealkylation sites (N-methyl/N-ethyl adjacent to an activating group) is 1. The second-order valence-corrected chi connectivity index (χ2v) is 6.56. The summed E-state index contributed by atoms with van der Waals surface area (Å²) in [4.78, 5) is 37.2. The second-order valence-electron chi connectivity index (χ2n) is 6.56. The fourth-order valence-electron chi connectivity index (χ4n) is 2.62. The van der Waals surface area contributed by atoms with Gasteiger partial charge in [0, 0.05) is 13.1 Å². The van der Waals surface area contributed by atoms with E-state index in [-0.39, 0.29) is 42.8 Å². The molecular formula is C16H30N4O3. The van der Waals surface area contributed by atoms with Crippen molar-refractivity contribution >= 4 is 17.7 Å². The lowest BCUT2D eigenvalue weighted by atomic mass is 9.94. The first-order chi connectivity index (χ1) is 10.8. The maximum Gasteiger partial charge on any atom is 0.241 e. The first-order valence-electron chi connectivity index (χ1n) is 8.38. The van der Waals surface area contributed by atoms with Crippen molar-refractivity contribution in [3.63, 3.8) is 0 Å². The predicted molar refractivity (Wildman–Crippen MR) is 88.5 cm³/mol. The summed E-state index contributed by atoms with van der Waals surface area (Å²) >= 11 is 0. The van der Waals surface area contributed by atoms with E-state index in [4.69, 9.17) is 5.73 Å². The number of carbonyl (C=O) groups is 3. The van der Waals surface area contributed by atoms with Crippen LogP contribution in [0.25, 0.3) is 0 Å². The number of amides is 3. The molecule has 0 bridgehead atoms. The number of nitrogens with zero attached hydrogens (tertiary/aromatic N) is 1. The number of hydrogen-bond acceptors (Lipinski definition) is 4. The zero-order valence-corrected chi connectivity index (χ0v) is 14.4. The van der Waals surface area contributed by atoms with Gasteiger partial charge in [-0.25, -0.2) is 0 Å². The highest BCUT2D eigenvalue weighted by Crippen LogP contribution is 2.21. The normalized spacial score (nSPS) is 16.7. The van der Waals surface area contributed by atoms with Crippen LogP contribution >= 0.6 is 0 Å². The molecule has 4 N–H and O–H groups in total. The molecule has 23 heavy (non-hydrogen) atoms. The summed E-state index contributed by atoms with van der Waals surface area (Å²) in [5.74, 6) is -0.847. The molecule has 0 heterocycles. The Balaban J connectivity index is 2.26. The minimum atomic E-state index is -0.637. The molecule has 1 fully saturated rings. The van der Waals surface area contributed by atoms with Gasteiger partial charge in [-0.2, -0.15) is 0 Å². The quantitative estimate of drug-likeness (QED) is 0.612.